The molecule has 172 valence electrons. The second kappa shape index (κ2) is 10.2. The van der Waals surface area contributed by atoms with E-state index in [-0.39, 0.29) is 11.9 Å². The first-order valence-corrected chi connectivity index (χ1v) is 12.8. The number of fused-ring (bicyclic) bond motifs is 1. The van der Waals surface area contributed by atoms with E-state index in [1.807, 2.05) is 12.3 Å². The average Bonchev–Trinajstić information content (AvgIpc) is 3.19. The van der Waals surface area contributed by atoms with Gasteiger partial charge in [0.05, 0.1) is 11.7 Å². The summed E-state index contributed by atoms with van der Waals surface area (Å²) in [6.45, 7) is 6.63. The Bertz CT molecular complexity index is 1070. The maximum Gasteiger partial charge on any atom is 0.221 e. The summed E-state index contributed by atoms with van der Waals surface area (Å²) in [6, 6.07) is 17.0. The predicted molar refractivity (Wildman–Crippen MR) is 135 cm³/mol. The Morgan fingerprint density at radius 1 is 1.03 bits per heavy atom. The Balaban J connectivity index is 1.45. The molecular formula is C27H32N4OS. The molecule has 0 spiro atoms. The van der Waals surface area contributed by atoms with Crippen LogP contribution in [0, 0.1) is 0 Å². The van der Waals surface area contributed by atoms with Crippen LogP contribution in [0.5, 0.6) is 0 Å². The minimum Gasteiger partial charge on any atom is -0.318 e. The molecule has 2 aromatic heterocycles. The number of nitrogens with zero attached hydrogens (tertiary/aromatic N) is 3. The first-order chi connectivity index (χ1) is 16.2. The summed E-state index contributed by atoms with van der Waals surface area (Å²) in [5, 5.41) is 4.20. The van der Waals surface area contributed by atoms with E-state index >= 15 is 0 Å². The molecule has 1 saturated heterocycles. The van der Waals surface area contributed by atoms with Gasteiger partial charge in [-0.05, 0) is 48.9 Å². The van der Waals surface area contributed by atoms with Gasteiger partial charge in [0.1, 0.15) is 5.00 Å². The second-order valence-electron chi connectivity index (χ2n) is 9.09. The van der Waals surface area contributed by atoms with Crippen LogP contribution in [0.4, 0.5) is 5.00 Å². The van der Waals surface area contributed by atoms with Gasteiger partial charge in [0, 0.05) is 56.3 Å². The number of nitrogens with one attached hydrogen (secondary N) is 1. The molecule has 1 N–H and O–H groups in total. The van der Waals surface area contributed by atoms with Crippen LogP contribution in [0.1, 0.15) is 53.1 Å². The first-order valence-electron chi connectivity index (χ1n) is 12.0. The van der Waals surface area contributed by atoms with Crippen molar-refractivity contribution in [3.63, 3.8) is 0 Å². The van der Waals surface area contributed by atoms with E-state index in [4.69, 9.17) is 4.98 Å². The number of rotatable bonds is 6. The number of pyridine rings is 1. The summed E-state index contributed by atoms with van der Waals surface area (Å²) in [4.78, 5) is 23.5. The van der Waals surface area contributed by atoms with E-state index in [1.165, 1.54) is 34.4 Å². The lowest BCUT2D eigenvalue weighted by molar-refractivity contribution is -0.114. The van der Waals surface area contributed by atoms with Gasteiger partial charge in [-0.3, -0.25) is 19.6 Å². The Morgan fingerprint density at radius 2 is 1.79 bits per heavy atom. The van der Waals surface area contributed by atoms with Gasteiger partial charge in [0.25, 0.3) is 0 Å². The SMILES string of the molecule is CC(=O)Nc1sc2c(c1[C@@H](c1ccccn1)N1CCN(Cc3ccccc3)CC1)CCCC2. The molecule has 2 aliphatic rings. The number of thiophene rings is 1. The molecule has 1 aliphatic carbocycles. The standard InChI is InChI=1S/C27H32N4OS/c1-20(32)29-27-25(22-11-5-6-13-24(22)33-27)26(23-12-7-8-14-28-23)31-17-15-30(16-18-31)19-21-9-3-2-4-10-21/h2-4,7-10,12,14,26H,5-6,11,13,15-19H2,1H3,(H,29,32)/t26-/m1/s1. The number of aromatic nitrogens is 1. The van der Waals surface area contributed by atoms with Crippen molar-refractivity contribution in [1.82, 2.24) is 14.8 Å². The summed E-state index contributed by atoms with van der Waals surface area (Å²) in [7, 11) is 0. The quantitative estimate of drug-likeness (QED) is 0.569. The highest BCUT2D eigenvalue weighted by Crippen LogP contribution is 2.45. The van der Waals surface area contributed by atoms with E-state index in [0.717, 1.165) is 56.3 Å². The molecule has 1 fully saturated rings. The third-order valence-corrected chi connectivity index (χ3v) is 7.99. The zero-order valence-electron chi connectivity index (χ0n) is 19.3. The van der Waals surface area contributed by atoms with Crippen molar-refractivity contribution in [2.45, 2.75) is 45.2 Å². The zero-order chi connectivity index (χ0) is 22.6. The lowest BCUT2D eigenvalue weighted by Crippen LogP contribution is -2.47. The Hall–Kier alpha value is -2.54. The molecule has 3 aromatic rings. The number of hydrogen-bond acceptors (Lipinski definition) is 5. The van der Waals surface area contributed by atoms with Crippen molar-refractivity contribution in [2.75, 3.05) is 31.5 Å². The second-order valence-corrected chi connectivity index (χ2v) is 10.2. The van der Waals surface area contributed by atoms with Crippen LogP contribution >= 0.6 is 11.3 Å². The van der Waals surface area contributed by atoms with Crippen LogP contribution in [0.2, 0.25) is 0 Å². The molecule has 3 heterocycles. The number of carbonyl (C=O) groups is 1. The van der Waals surface area contributed by atoms with Crippen LogP contribution in [-0.2, 0) is 24.2 Å². The van der Waals surface area contributed by atoms with E-state index < -0.39 is 0 Å². The van der Waals surface area contributed by atoms with Gasteiger partial charge < -0.3 is 5.32 Å². The van der Waals surface area contributed by atoms with Gasteiger partial charge >= 0.3 is 0 Å². The summed E-state index contributed by atoms with van der Waals surface area (Å²) >= 11 is 1.78. The topological polar surface area (TPSA) is 48.5 Å². The molecule has 1 atom stereocenters. The minimum atomic E-state index is 0.00213. The maximum atomic E-state index is 12.1. The minimum absolute atomic E-state index is 0.00213. The van der Waals surface area contributed by atoms with E-state index in [1.54, 1.807) is 18.3 Å². The highest BCUT2D eigenvalue weighted by molar-refractivity contribution is 7.16. The summed E-state index contributed by atoms with van der Waals surface area (Å²) in [5.41, 5.74) is 5.19. The Kier molecular flexibility index (Phi) is 6.85. The maximum absolute atomic E-state index is 12.1. The van der Waals surface area contributed by atoms with E-state index in [9.17, 15) is 4.79 Å². The molecule has 6 heteroatoms. The molecule has 1 amide bonds. The molecule has 5 nitrogen and oxygen atoms in total. The average molecular weight is 461 g/mol. The van der Waals surface area contributed by atoms with Gasteiger partial charge in [0.2, 0.25) is 5.91 Å². The van der Waals surface area contributed by atoms with Gasteiger partial charge in [-0.15, -0.1) is 11.3 Å². The lowest BCUT2D eigenvalue weighted by atomic mass is 9.90. The van der Waals surface area contributed by atoms with Crippen molar-refractivity contribution >= 4 is 22.2 Å². The molecule has 1 aliphatic heterocycles. The fraction of sp³-hybridized carbons (Fsp3) is 0.407. The van der Waals surface area contributed by atoms with E-state index in [0.29, 0.717) is 0 Å². The number of aryl methyl sites for hydroxylation is 1. The van der Waals surface area contributed by atoms with Crippen LogP contribution in [0.15, 0.2) is 54.7 Å². The van der Waals surface area contributed by atoms with Crippen molar-refractivity contribution in [1.29, 1.82) is 0 Å². The van der Waals surface area contributed by atoms with Crippen LogP contribution < -0.4 is 5.32 Å². The number of piperazine rings is 1. The van der Waals surface area contributed by atoms with Gasteiger partial charge in [-0.2, -0.15) is 0 Å². The van der Waals surface area contributed by atoms with Crippen molar-refractivity contribution < 1.29 is 4.79 Å². The van der Waals surface area contributed by atoms with Gasteiger partial charge in [-0.1, -0.05) is 36.4 Å². The molecule has 1 aromatic carbocycles. The highest BCUT2D eigenvalue weighted by Gasteiger charge is 2.34. The monoisotopic (exact) mass is 460 g/mol. The zero-order valence-corrected chi connectivity index (χ0v) is 20.1. The van der Waals surface area contributed by atoms with Crippen molar-refractivity contribution in [2.24, 2.45) is 0 Å². The normalized spacial score (nSPS) is 18.0. The highest BCUT2D eigenvalue weighted by atomic mass is 32.1. The fourth-order valence-electron chi connectivity index (χ4n) is 5.21. The molecule has 0 saturated carbocycles. The van der Waals surface area contributed by atoms with Crippen LogP contribution in [0.3, 0.4) is 0 Å². The number of hydrogen-bond donors (Lipinski definition) is 1. The van der Waals surface area contributed by atoms with Gasteiger partial charge in [0.15, 0.2) is 0 Å². The van der Waals surface area contributed by atoms with Crippen LogP contribution in [0.25, 0.3) is 0 Å². The lowest BCUT2D eigenvalue weighted by Gasteiger charge is -2.40. The number of anilines is 1. The number of amides is 1. The molecule has 0 radical (unpaired) electrons. The molecule has 0 bridgehead atoms. The third kappa shape index (κ3) is 5.03. The Labute approximate surface area is 200 Å². The fourth-order valence-corrected chi connectivity index (χ4v) is 6.58. The molecule has 0 unspecified atom stereocenters. The summed E-state index contributed by atoms with van der Waals surface area (Å²) in [6.07, 6.45) is 6.56. The molecule has 5 rings (SSSR count). The first kappa shape index (κ1) is 22.3. The number of carbonyl (C=O) groups excluding carboxylic acids is 1. The summed E-state index contributed by atoms with van der Waals surface area (Å²) < 4.78 is 0. The number of benzene rings is 1. The van der Waals surface area contributed by atoms with Crippen molar-refractivity contribution in [3.05, 3.63) is 82.0 Å². The van der Waals surface area contributed by atoms with Crippen LogP contribution in [-0.4, -0.2) is 46.9 Å². The van der Waals surface area contributed by atoms with E-state index in [2.05, 4.69) is 57.6 Å². The molecular weight excluding hydrogens is 428 g/mol. The molecule has 33 heavy (non-hydrogen) atoms. The van der Waals surface area contributed by atoms with Crippen molar-refractivity contribution in [3.8, 4) is 0 Å². The summed E-state index contributed by atoms with van der Waals surface area (Å²) in [5.74, 6) is 0.00213. The largest absolute Gasteiger partial charge is 0.318 e. The Morgan fingerprint density at radius 3 is 2.52 bits per heavy atom. The third-order valence-electron chi connectivity index (χ3n) is 6.76. The van der Waals surface area contributed by atoms with Gasteiger partial charge in [-0.25, -0.2) is 0 Å². The predicted octanol–water partition coefficient (Wildman–Crippen LogP) is 4.89. The smallest absolute Gasteiger partial charge is 0.221 e.